The summed E-state index contributed by atoms with van der Waals surface area (Å²) < 4.78 is 13.9. The standard InChI is InChI=1S/C20H18FN3O2S/c1-12-18(11-14-6-3-4-9-17(14)21)27-20(22-12)24-19(26)15-7-5-8-16(10-15)23-13(2)25/h3-10H,11H2,1-2H3,(H,23,25)(H,22,24,26). The number of amides is 2. The molecule has 0 bridgehead atoms. The number of benzene rings is 2. The van der Waals surface area contributed by atoms with E-state index in [0.717, 1.165) is 10.6 Å². The fraction of sp³-hybridized carbons (Fsp3) is 0.150. The SMILES string of the molecule is CC(=O)Nc1cccc(C(=O)Nc2nc(C)c(Cc3ccccc3F)s2)c1. The Kier molecular flexibility index (Phi) is 5.61. The van der Waals surface area contributed by atoms with Crippen LogP contribution in [0.25, 0.3) is 0 Å². The van der Waals surface area contributed by atoms with Gasteiger partial charge in [0, 0.05) is 29.5 Å². The molecule has 3 rings (SSSR count). The molecule has 1 heterocycles. The average molecular weight is 383 g/mol. The van der Waals surface area contributed by atoms with Crippen molar-refractivity contribution in [2.75, 3.05) is 10.6 Å². The molecule has 2 aromatic carbocycles. The maximum absolute atomic E-state index is 13.9. The predicted octanol–water partition coefficient (Wildman–Crippen LogP) is 4.39. The maximum Gasteiger partial charge on any atom is 0.257 e. The molecule has 0 aliphatic carbocycles. The van der Waals surface area contributed by atoms with Gasteiger partial charge in [-0.05, 0) is 36.8 Å². The van der Waals surface area contributed by atoms with Crippen LogP contribution in [-0.4, -0.2) is 16.8 Å². The van der Waals surface area contributed by atoms with E-state index in [2.05, 4.69) is 15.6 Å². The van der Waals surface area contributed by atoms with E-state index >= 15 is 0 Å². The molecule has 3 aromatic rings. The largest absolute Gasteiger partial charge is 0.326 e. The second-order valence-electron chi connectivity index (χ2n) is 6.01. The van der Waals surface area contributed by atoms with Crippen LogP contribution >= 0.6 is 11.3 Å². The summed E-state index contributed by atoms with van der Waals surface area (Å²) in [5, 5.41) is 5.86. The summed E-state index contributed by atoms with van der Waals surface area (Å²) in [5.74, 6) is -0.792. The molecule has 0 aliphatic rings. The lowest BCUT2D eigenvalue weighted by atomic mass is 10.1. The Labute approximate surface area is 160 Å². The van der Waals surface area contributed by atoms with Gasteiger partial charge in [-0.15, -0.1) is 11.3 Å². The first-order valence-electron chi connectivity index (χ1n) is 8.31. The zero-order valence-corrected chi connectivity index (χ0v) is 15.7. The van der Waals surface area contributed by atoms with Crippen LogP contribution in [0.5, 0.6) is 0 Å². The number of nitrogens with one attached hydrogen (secondary N) is 2. The second kappa shape index (κ2) is 8.09. The highest BCUT2D eigenvalue weighted by Gasteiger charge is 2.14. The van der Waals surface area contributed by atoms with Gasteiger partial charge >= 0.3 is 0 Å². The maximum atomic E-state index is 13.9. The van der Waals surface area contributed by atoms with E-state index in [1.807, 2.05) is 6.92 Å². The smallest absolute Gasteiger partial charge is 0.257 e. The molecule has 0 saturated heterocycles. The molecule has 0 unspecified atom stereocenters. The average Bonchev–Trinajstić information content (AvgIpc) is 2.95. The Bertz CT molecular complexity index is 1000. The number of aromatic nitrogens is 1. The number of thiazole rings is 1. The van der Waals surface area contributed by atoms with Crippen molar-refractivity contribution < 1.29 is 14.0 Å². The number of anilines is 2. The number of nitrogens with zero attached hydrogens (tertiary/aromatic N) is 1. The molecule has 5 nitrogen and oxygen atoms in total. The molecule has 1 aromatic heterocycles. The summed E-state index contributed by atoms with van der Waals surface area (Å²) in [4.78, 5) is 28.9. The van der Waals surface area contributed by atoms with Gasteiger partial charge in [0.25, 0.3) is 5.91 Å². The Morgan fingerprint density at radius 1 is 1.11 bits per heavy atom. The van der Waals surface area contributed by atoms with Crippen LogP contribution < -0.4 is 10.6 Å². The van der Waals surface area contributed by atoms with Gasteiger partial charge in [0.15, 0.2) is 5.13 Å². The van der Waals surface area contributed by atoms with Gasteiger partial charge in [-0.2, -0.15) is 0 Å². The van der Waals surface area contributed by atoms with E-state index in [9.17, 15) is 14.0 Å². The fourth-order valence-electron chi connectivity index (χ4n) is 2.57. The van der Waals surface area contributed by atoms with Crippen LogP contribution in [0.2, 0.25) is 0 Å². The zero-order valence-electron chi connectivity index (χ0n) is 14.9. The van der Waals surface area contributed by atoms with E-state index in [0.29, 0.717) is 28.4 Å². The van der Waals surface area contributed by atoms with Crippen molar-refractivity contribution in [3.8, 4) is 0 Å². The van der Waals surface area contributed by atoms with Crippen LogP contribution in [0.3, 0.4) is 0 Å². The lowest BCUT2D eigenvalue weighted by Gasteiger charge is -2.05. The molecule has 2 amide bonds. The number of halogens is 1. The van der Waals surface area contributed by atoms with Crippen LogP contribution in [-0.2, 0) is 11.2 Å². The monoisotopic (exact) mass is 383 g/mol. The van der Waals surface area contributed by atoms with Gasteiger partial charge in [-0.1, -0.05) is 24.3 Å². The van der Waals surface area contributed by atoms with Crippen LogP contribution in [0.4, 0.5) is 15.2 Å². The third-order valence-electron chi connectivity index (χ3n) is 3.87. The van der Waals surface area contributed by atoms with Gasteiger partial charge in [0.1, 0.15) is 5.82 Å². The second-order valence-corrected chi connectivity index (χ2v) is 7.10. The number of aryl methyl sites for hydroxylation is 1. The first kappa shape index (κ1) is 18.7. The molecular formula is C20H18FN3O2S. The van der Waals surface area contributed by atoms with Gasteiger partial charge in [-0.3, -0.25) is 14.9 Å². The van der Waals surface area contributed by atoms with Crippen molar-refractivity contribution >= 4 is 34.0 Å². The minimum absolute atomic E-state index is 0.208. The van der Waals surface area contributed by atoms with E-state index in [4.69, 9.17) is 0 Å². The molecule has 0 aliphatic heterocycles. The molecule has 0 atom stereocenters. The summed E-state index contributed by atoms with van der Waals surface area (Å²) in [6, 6.07) is 13.3. The van der Waals surface area contributed by atoms with Gasteiger partial charge in [0.2, 0.25) is 5.91 Å². The minimum Gasteiger partial charge on any atom is -0.326 e. The number of hydrogen-bond donors (Lipinski definition) is 2. The molecule has 7 heteroatoms. The van der Waals surface area contributed by atoms with Crippen molar-refractivity contribution in [3.63, 3.8) is 0 Å². The lowest BCUT2D eigenvalue weighted by Crippen LogP contribution is -2.13. The van der Waals surface area contributed by atoms with Gasteiger partial charge < -0.3 is 5.32 Å². The topological polar surface area (TPSA) is 71.1 Å². The molecule has 0 spiro atoms. The summed E-state index contributed by atoms with van der Waals surface area (Å²) in [6.07, 6.45) is 0.421. The summed E-state index contributed by atoms with van der Waals surface area (Å²) in [5.41, 5.74) is 2.30. The van der Waals surface area contributed by atoms with Crippen molar-refractivity contribution in [1.29, 1.82) is 0 Å². The Hall–Kier alpha value is -3.06. The predicted molar refractivity (Wildman–Crippen MR) is 105 cm³/mol. The Balaban J connectivity index is 1.74. The van der Waals surface area contributed by atoms with E-state index < -0.39 is 0 Å². The molecule has 0 radical (unpaired) electrons. The normalized spacial score (nSPS) is 10.5. The van der Waals surface area contributed by atoms with Crippen molar-refractivity contribution in [2.45, 2.75) is 20.3 Å². The van der Waals surface area contributed by atoms with Crippen molar-refractivity contribution in [1.82, 2.24) is 4.98 Å². The number of carbonyl (C=O) groups excluding carboxylic acids is 2. The molecule has 0 saturated carbocycles. The quantitative estimate of drug-likeness (QED) is 0.686. The third kappa shape index (κ3) is 4.77. The molecule has 2 N–H and O–H groups in total. The molecule has 0 fully saturated rings. The van der Waals surface area contributed by atoms with Crippen LogP contribution in [0.15, 0.2) is 48.5 Å². The Morgan fingerprint density at radius 3 is 2.63 bits per heavy atom. The highest BCUT2D eigenvalue weighted by atomic mass is 32.1. The van der Waals surface area contributed by atoms with Crippen molar-refractivity contribution in [2.24, 2.45) is 0 Å². The van der Waals surface area contributed by atoms with Crippen LogP contribution in [0, 0.1) is 12.7 Å². The van der Waals surface area contributed by atoms with Crippen LogP contribution in [0.1, 0.15) is 33.4 Å². The lowest BCUT2D eigenvalue weighted by molar-refractivity contribution is -0.114. The summed E-state index contributed by atoms with van der Waals surface area (Å²) in [7, 11) is 0. The zero-order chi connectivity index (χ0) is 19.4. The molecular weight excluding hydrogens is 365 g/mol. The van der Waals surface area contributed by atoms with Gasteiger partial charge in [-0.25, -0.2) is 9.37 Å². The minimum atomic E-state index is -0.326. The van der Waals surface area contributed by atoms with E-state index in [-0.39, 0.29) is 17.6 Å². The number of carbonyl (C=O) groups is 2. The summed E-state index contributed by atoms with van der Waals surface area (Å²) >= 11 is 1.32. The number of rotatable bonds is 5. The number of hydrogen-bond acceptors (Lipinski definition) is 4. The summed E-state index contributed by atoms with van der Waals surface area (Å²) in [6.45, 7) is 3.24. The molecule has 27 heavy (non-hydrogen) atoms. The highest BCUT2D eigenvalue weighted by Crippen LogP contribution is 2.26. The third-order valence-corrected chi connectivity index (χ3v) is 4.94. The first-order chi connectivity index (χ1) is 12.9. The van der Waals surface area contributed by atoms with E-state index in [1.54, 1.807) is 42.5 Å². The fourth-order valence-corrected chi connectivity index (χ4v) is 3.55. The molecule has 138 valence electrons. The Morgan fingerprint density at radius 2 is 1.89 bits per heavy atom. The van der Waals surface area contributed by atoms with Gasteiger partial charge in [0.05, 0.1) is 5.69 Å². The first-order valence-corrected chi connectivity index (χ1v) is 9.13. The van der Waals surface area contributed by atoms with E-state index in [1.165, 1.54) is 24.3 Å². The highest BCUT2D eigenvalue weighted by molar-refractivity contribution is 7.15. The van der Waals surface area contributed by atoms with Crippen molar-refractivity contribution in [3.05, 3.63) is 76.0 Å².